The molecule has 17 heavy (non-hydrogen) atoms. The van der Waals surface area contributed by atoms with Crippen LogP contribution in [0.2, 0.25) is 0 Å². The van der Waals surface area contributed by atoms with E-state index in [9.17, 15) is 9.18 Å². The van der Waals surface area contributed by atoms with E-state index in [1.807, 2.05) is 27.7 Å². The maximum Gasteiger partial charge on any atom is 0.312 e. The molecule has 0 fully saturated rings. The van der Waals surface area contributed by atoms with Crippen molar-refractivity contribution in [3.8, 4) is 0 Å². The quantitative estimate of drug-likeness (QED) is 0.728. The molecular formula is C14H23FO2. The van der Waals surface area contributed by atoms with Crippen LogP contribution in [0.3, 0.4) is 0 Å². The average Bonchev–Trinajstić information content (AvgIpc) is 2.42. The highest BCUT2D eigenvalue weighted by atomic mass is 19.1. The van der Waals surface area contributed by atoms with Crippen molar-refractivity contribution in [3.05, 3.63) is 35.6 Å². The maximum absolute atomic E-state index is 12.5. The summed E-state index contributed by atoms with van der Waals surface area (Å²) < 4.78 is 17.1. The largest absolute Gasteiger partial charge is 0.469 e. The van der Waals surface area contributed by atoms with Crippen LogP contribution in [0.1, 0.15) is 46.1 Å². The molecule has 98 valence electrons. The van der Waals surface area contributed by atoms with Gasteiger partial charge in [-0.2, -0.15) is 0 Å². The van der Waals surface area contributed by atoms with Crippen molar-refractivity contribution in [2.24, 2.45) is 0 Å². The van der Waals surface area contributed by atoms with Crippen LogP contribution in [0, 0.1) is 5.82 Å². The molecule has 0 aliphatic rings. The van der Waals surface area contributed by atoms with E-state index in [4.69, 9.17) is 0 Å². The lowest BCUT2D eigenvalue weighted by Gasteiger charge is -2.08. The van der Waals surface area contributed by atoms with E-state index in [0.717, 1.165) is 5.56 Å². The van der Waals surface area contributed by atoms with Crippen LogP contribution in [0.4, 0.5) is 4.39 Å². The van der Waals surface area contributed by atoms with Gasteiger partial charge in [-0.3, -0.25) is 4.79 Å². The van der Waals surface area contributed by atoms with Gasteiger partial charge in [0.25, 0.3) is 0 Å². The minimum absolute atomic E-state index is 0.305. The van der Waals surface area contributed by atoms with Gasteiger partial charge in [-0.15, -0.1) is 0 Å². The van der Waals surface area contributed by atoms with Crippen molar-refractivity contribution >= 4 is 5.97 Å². The summed E-state index contributed by atoms with van der Waals surface area (Å²) in [6, 6.07) is 5.82. The molecule has 1 aromatic carbocycles. The Morgan fingerprint density at radius 2 is 1.53 bits per heavy atom. The van der Waals surface area contributed by atoms with Crippen molar-refractivity contribution in [3.63, 3.8) is 0 Å². The summed E-state index contributed by atoms with van der Waals surface area (Å²) in [7, 11) is 1.34. The minimum atomic E-state index is -0.342. The molecule has 1 rings (SSSR count). The Balaban J connectivity index is 0. The van der Waals surface area contributed by atoms with Gasteiger partial charge < -0.3 is 4.74 Å². The van der Waals surface area contributed by atoms with E-state index in [2.05, 4.69) is 4.74 Å². The molecular weight excluding hydrogens is 219 g/mol. The van der Waals surface area contributed by atoms with Gasteiger partial charge in [-0.25, -0.2) is 4.39 Å². The number of methoxy groups -OCH3 is 1. The summed E-state index contributed by atoms with van der Waals surface area (Å²) in [5.74, 6) is -0.960. The molecule has 3 heteroatoms. The first-order valence-electron chi connectivity index (χ1n) is 5.98. The molecule has 0 aliphatic carbocycles. The number of esters is 1. The lowest BCUT2D eigenvalue weighted by Crippen LogP contribution is -2.10. The predicted octanol–water partition coefficient (Wildman–Crippen LogP) is 4.15. The van der Waals surface area contributed by atoms with Crippen LogP contribution in [0.25, 0.3) is 0 Å². The minimum Gasteiger partial charge on any atom is -0.469 e. The zero-order chi connectivity index (χ0) is 13.8. The molecule has 0 heterocycles. The summed E-state index contributed by atoms with van der Waals surface area (Å²) in [5, 5.41) is 0. The number of hydrogen-bond acceptors (Lipinski definition) is 2. The van der Waals surface area contributed by atoms with Gasteiger partial charge in [0.05, 0.1) is 13.0 Å². The Hall–Kier alpha value is -1.38. The molecule has 0 amide bonds. The summed E-state index contributed by atoms with van der Waals surface area (Å²) in [5.41, 5.74) is 0.758. The Morgan fingerprint density at radius 1 is 1.12 bits per heavy atom. The van der Waals surface area contributed by atoms with Crippen LogP contribution in [-0.2, 0) is 9.53 Å². The molecule has 2 nitrogen and oxygen atoms in total. The summed E-state index contributed by atoms with van der Waals surface area (Å²) in [6.07, 6.45) is 0. The lowest BCUT2D eigenvalue weighted by atomic mass is 10.0. The van der Waals surface area contributed by atoms with Crippen LogP contribution in [0.5, 0.6) is 0 Å². The number of carbonyl (C=O) groups is 1. The number of benzene rings is 1. The zero-order valence-electron chi connectivity index (χ0n) is 11.6. The summed E-state index contributed by atoms with van der Waals surface area (Å²) in [4.78, 5) is 11.1. The number of halogens is 1. The Morgan fingerprint density at radius 3 is 1.88 bits per heavy atom. The Kier molecular flexibility index (Phi) is 11.8. The standard InChI is InChI=1S/C10H11FO2.2C2H6/c1-7(10(12)13-2)8-3-5-9(11)6-4-8;2*1-2/h3-7H,1-2H3;2*1-2H3. The summed E-state index contributed by atoms with van der Waals surface area (Å²) in [6.45, 7) is 9.72. The first kappa shape index (κ1) is 18.0. The molecule has 0 spiro atoms. The van der Waals surface area contributed by atoms with E-state index < -0.39 is 0 Å². The molecule has 1 unspecified atom stereocenters. The first-order chi connectivity index (χ1) is 8.15. The van der Waals surface area contributed by atoms with Gasteiger partial charge in [-0.1, -0.05) is 39.8 Å². The zero-order valence-corrected chi connectivity index (χ0v) is 11.6. The van der Waals surface area contributed by atoms with Crippen molar-refractivity contribution in [2.75, 3.05) is 7.11 Å². The smallest absolute Gasteiger partial charge is 0.312 e. The molecule has 0 saturated carbocycles. The van der Waals surface area contributed by atoms with Gasteiger partial charge in [0, 0.05) is 0 Å². The fraction of sp³-hybridized carbons (Fsp3) is 0.500. The monoisotopic (exact) mass is 242 g/mol. The maximum atomic E-state index is 12.5. The van der Waals surface area contributed by atoms with Gasteiger partial charge in [0.2, 0.25) is 0 Å². The molecule has 0 bridgehead atoms. The van der Waals surface area contributed by atoms with E-state index in [-0.39, 0.29) is 17.7 Å². The average molecular weight is 242 g/mol. The second-order valence-corrected chi connectivity index (χ2v) is 2.80. The lowest BCUT2D eigenvalue weighted by molar-refractivity contribution is -0.141. The highest BCUT2D eigenvalue weighted by Gasteiger charge is 2.14. The normalized spacial score (nSPS) is 10.1. The van der Waals surface area contributed by atoms with E-state index >= 15 is 0 Å². The molecule has 1 atom stereocenters. The van der Waals surface area contributed by atoms with E-state index in [1.165, 1.54) is 19.2 Å². The van der Waals surface area contributed by atoms with Crippen LogP contribution in [-0.4, -0.2) is 13.1 Å². The second kappa shape index (κ2) is 11.1. The molecule has 1 aromatic rings. The van der Waals surface area contributed by atoms with Crippen molar-refractivity contribution in [1.29, 1.82) is 0 Å². The third kappa shape index (κ3) is 6.72. The third-order valence-corrected chi connectivity index (χ3v) is 1.92. The number of hydrogen-bond donors (Lipinski definition) is 0. The van der Waals surface area contributed by atoms with Gasteiger partial charge in [-0.05, 0) is 24.6 Å². The van der Waals surface area contributed by atoms with Gasteiger partial charge in [0.15, 0.2) is 0 Å². The Bertz CT molecular complexity index is 294. The topological polar surface area (TPSA) is 26.3 Å². The number of ether oxygens (including phenoxy) is 1. The van der Waals surface area contributed by atoms with E-state index in [0.29, 0.717) is 0 Å². The number of carbonyl (C=O) groups excluding carboxylic acids is 1. The van der Waals surface area contributed by atoms with Crippen molar-refractivity contribution < 1.29 is 13.9 Å². The highest BCUT2D eigenvalue weighted by molar-refractivity contribution is 5.77. The van der Waals surface area contributed by atoms with Crippen molar-refractivity contribution in [2.45, 2.75) is 40.5 Å². The number of rotatable bonds is 2. The third-order valence-electron chi connectivity index (χ3n) is 1.92. The first-order valence-corrected chi connectivity index (χ1v) is 5.98. The highest BCUT2D eigenvalue weighted by Crippen LogP contribution is 2.16. The fourth-order valence-electron chi connectivity index (χ4n) is 1.06. The van der Waals surface area contributed by atoms with Gasteiger partial charge in [0.1, 0.15) is 5.82 Å². The molecule has 0 aromatic heterocycles. The Labute approximate surface area is 104 Å². The second-order valence-electron chi connectivity index (χ2n) is 2.80. The predicted molar refractivity (Wildman–Crippen MR) is 69.5 cm³/mol. The van der Waals surface area contributed by atoms with Crippen LogP contribution in [0.15, 0.2) is 24.3 Å². The molecule has 0 saturated heterocycles. The van der Waals surface area contributed by atoms with E-state index in [1.54, 1.807) is 19.1 Å². The SMILES string of the molecule is CC.CC.COC(=O)C(C)c1ccc(F)cc1. The fourth-order valence-corrected chi connectivity index (χ4v) is 1.06. The van der Waals surface area contributed by atoms with Crippen molar-refractivity contribution in [1.82, 2.24) is 0 Å². The molecule has 0 N–H and O–H groups in total. The van der Waals surface area contributed by atoms with Crippen LogP contribution < -0.4 is 0 Å². The molecule has 0 aliphatic heterocycles. The van der Waals surface area contributed by atoms with Crippen LogP contribution >= 0.6 is 0 Å². The van der Waals surface area contributed by atoms with Gasteiger partial charge >= 0.3 is 5.97 Å². The molecule has 0 radical (unpaired) electrons. The summed E-state index contributed by atoms with van der Waals surface area (Å²) >= 11 is 0.